The van der Waals surface area contributed by atoms with Crippen LogP contribution in [0.15, 0.2) is 34.8 Å². The van der Waals surface area contributed by atoms with Gasteiger partial charge in [0.15, 0.2) is 0 Å². The largest absolute Gasteiger partial charge is 0.310 e. The Labute approximate surface area is 94.3 Å². The monoisotopic (exact) mass is 253 g/mol. The summed E-state index contributed by atoms with van der Waals surface area (Å²) in [6, 6.07) is 6.64. The number of halogens is 1. The quantitative estimate of drug-likeness (QED) is 0.813. The number of hydrogen-bond acceptors (Lipinski definition) is 1. The fourth-order valence-corrected chi connectivity index (χ4v) is 1.88. The van der Waals surface area contributed by atoms with Crippen molar-refractivity contribution in [1.29, 1.82) is 0 Å². The first-order valence-electron chi connectivity index (χ1n) is 4.65. The molecule has 1 aromatic carbocycles. The second-order valence-electron chi connectivity index (χ2n) is 3.58. The lowest BCUT2D eigenvalue weighted by Crippen LogP contribution is -2.16. The van der Waals surface area contributed by atoms with Gasteiger partial charge in [-0.15, -0.1) is 0 Å². The highest BCUT2D eigenvalue weighted by Gasteiger charge is 2.10. The molecule has 0 fully saturated rings. The van der Waals surface area contributed by atoms with Gasteiger partial charge in [0, 0.05) is 4.47 Å². The van der Waals surface area contributed by atoms with Crippen molar-refractivity contribution in [1.82, 2.24) is 5.32 Å². The zero-order valence-electron chi connectivity index (χ0n) is 8.89. The molecule has 0 bridgehead atoms. The average molecular weight is 254 g/mol. The van der Waals surface area contributed by atoms with Gasteiger partial charge in [-0.2, -0.15) is 0 Å². The number of rotatable bonds is 3. The second-order valence-corrected chi connectivity index (χ2v) is 4.43. The molecule has 76 valence electrons. The molecule has 0 saturated carbocycles. The van der Waals surface area contributed by atoms with Crippen LogP contribution in [0.4, 0.5) is 0 Å². The van der Waals surface area contributed by atoms with Crippen LogP contribution in [0.3, 0.4) is 0 Å². The van der Waals surface area contributed by atoms with Crippen molar-refractivity contribution in [3.05, 3.63) is 46.0 Å². The van der Waals surface area contributed by atoms with E-state index in [1.54, 1.807) is 0 Å². The van der Waals surface area contributed by atoms with E-state index in [4.69, 9.17) is 0 Å². The third-order valence-corrected chi connectivity index (χ3v) is 3.17. The molecule has 1 nitrogen and oxygen atoms in total. The predicted octanol–water partition coefficient (Wildman–Crippen LogP) is 3.59. The van der Waals surface area contributed by atoms with Crippen molar-refractivity contribution in [2.24, 2.45) is 0 Å². The van der Waals surface area contributed by atoms with Gasteiger partial charge in [-0.3, -0.25) is 0 Å². The minimum atomic E-state index is 0.242. The molecular formula is C12H16BrN. The third-order valence-electron chi connectivity index (χ3n) is 2.31. The molecule has 0 radical (unpaired) electrons. The Balaban J connectivity index is 3.06. The summed E-state index contributed by atoms with van der Waals surface area (Å²) >= 11 is 3.54. The van der Waals surface area contributed by atoms with Gasteiger partial charge in [0.25, 0.3) is 0 Å². The van der Waals surface area contributed by atoms with Crippen LogP contribution < -0.4 is 5.32 Å². The van der Waals surface area contributed by atoms with Gasteiger partial charge < -0.3 is 5.32 Å². The zero-order valence-corrected chi connectivity index (χ0v) is 10.5. The molecule has 0 amide bonds. The minimum absolute atomic E-state index is 0.242. The molecular weight excluding hydrogens is 238 g/mol. The highest BCUT2D eigenvalue weighted by atomic mass is 79.9. The Morgan fingerprint density at radius 3 is 2.57 bits per heavy atom. The Hall–Kier alpha value is -0.600. The molecule has 0 aromatic heterocycles. The Bertz CT molecular complexity index is 344. The van der Waals surface area contributed by atoms with Crippen molar-refractivity contribution >= 4 is 15.9 Å². The van der Waals surface area contributed by atoms with Crippen molar-refractivity contribution in [3.8, 4) is 0 Å². The van der Waals surface area contributed by atoms with Crippen LogP contribution in [0.1, 0.15) is 24.1 Å². The van der Waals surface area contributed by atoms with Crippen LogP contribution in [0.2, 0.25) is 0 Å². The first-order chi connectivity index (χ1) is 6.56. The van der Waals surface area contributed by atoms with E-state index in [1.165, 1.54) is 11.1 Å². The summed E-state index contributed by atoms with van der Waals surface area (Å²) in [6.07, 6.45) is 0. The maximum atomic E-state index is 3.98. The SMILES string of the molecule is C=C(C)C(NC)c1ccc(C)c(Br)c1. The molecule has 0 aliphatic rings. The number of aryl methyl sites for hydroxylation is 1. The second kappa shape index (κ2) is 4.76. The summed E-state index contributed by atoms with van der Waals surface area (Å²) in [5.41, 5.74) is 3.63. The summed E-state index contributed by atoms with van der Waals surface area (Å²) in [6.45, 7) is 8.10. The summed E-state index contributed by atoms with van der Waals surface area (Å²) in [7, 11) is 1.95. The van der Waals surface area contributed by atoms with Gasteiger partial charge >= 0.3 is 0 Å². The Kier molecular flexibility index (Phi) is 3.90. The van der Waals surface area contributed by atoms with Crippen LogP contribution in [0.5, 0.6) is 0 Å². The van der Waals surface area contributed by atoms with Gasteiger partial charge in [0.2, 0.25) is 0 Å². The van der Waals surface area contributed by atoms with Gasteiger partial charge in [0.1, 0.15) is 0 Å². The van der Waals surface area contributed by atoms with E-state index >= 15 is 0 Å². The molecule has 1 aromatic rings. The van der Waals surface area contributed by atoms with Gasteiger partial charge in [-0.1, -0.05) is 40.2 Å². The Morgan fingerprint density at radius 2 is 2.14 bits per heavy atom. The fourth-order valence-electron chi connectivity index (χ4n) is 1.49. The highest BCUT2D eigenvalue weighted by Crippen LogP contribution is 2.25. The topological polar surface area (TPSA) is 12.0 Å². The van der Waals surface area contributed by atoms with E-state index in [9.17, 15) is 0 Å². The van der Waals surface area contributed by atoms with E-state index < -0.39 is 0 Å². The highest BCUT2D eigenvalue weighted by molar-refractivity contribution is 9.10. The zero-order chi connectivity index (χ0) is 10.7. The van der Waals surface area contributed by atoms with Crippen molar-refractivity contribution in [3.63, 3.8) is 0 Å². The van der Waals surface area contributed by atoms with Crippen LogP contribution in [0, 0.1) is 6.92 Å². The van der Waals surface area contributed by atoms with Gasteiger partial charge in [-0.05, 0) is 38.1 Å². The minimum Gasteiger partial charge on any atom is -0.310 e. The van der Waals surface area contributed by atoms with Crippen LogP contribution in [-0.4, -0.2) is 7.05 Å². The van der Waals surface area contributed by atoms with Gasteiger partial charge in [-0.25, -0.2) is 0 Å². The normalized spacial score (nSPS) is 12.6. The van der Waals surface area contributed by atoms with Crippen LogP contribution in [-0.2, 0) is 0 Å². The number of likely N-dealkylation sites (N-methyl/N-ethyl adjacent to an activating group) is 1. The van der Waals surface area contributed by atoms with Crippen molar-refractivity contribution < 1.29 is 0 Å². The molecule has 0 heterocycles. The van der Waals surface area contributed by atoms with E-state index in [2.05, 4.69) is 52.9 Å². The molecule has 14 heavy (non-hydrogen) atoms. The number of hydrogen-bond donors (Lipinski definition) is 1. The van der Waals surface area contributed by atoms with Crippen molar-refractivity contribution in [2.45, 2.75) is 19.9 Å². The van der Waals surface area contributed by atoms with E-state index in [0.717, 1.165) is 10.0 Å². The summed E-state index contributed by atoms with van der Waals surface area (Å²) in [4.78, 5) is 0. The summed E-state index contributed by atoms with van der Waals surface area (Å²) in [5.74, 6) is 0. The molecule has 0 aliphatic heterocycles. The third kappa shape index (κ3) is 2.46. The molecule has 0 spiro atoms. The van der Waals surface area contributed by atoms with E-state index in [0.29, 0.717) is 0 Å². The van der Waals surface area contributed by atoms with E-state index in [1.807, 2.05) is 14.0 Å². The molecule has 0 aliphatic carbocycles. The Morgan fingerprint density at radius 1 is 1.50 bits per heavy atom. The molecule has 1 atom stereocenters. The maximum absolute atomic E-state index is 3.98. The van der Waals surface area contributed by atoms with Crippen LogP contribution >= 0.6 is 15.9 Å². The molecule has 2 heteroatoms. The van der Waals surface area contributed by atoms with E-state index in [-0.39, 0.29) is 6.04 Å². The first-order valence-corrected chi connectivity index (χ1v) is 5.44. The smallest absolute Gasteiger partial charge is 0.0528 e. The molecule has 1 rings (SSSR count). The lowest BCUT2D eigenvalue weighted by Gasteiger charge is -2.17. The molecule has 0 saturated heterocycles. The average Bonchev–Trinajstić information content (AvgIpc) is 2.11. The standard InChI is InChI=1S/C12H16BrN/c1-8(2)12(14-4)10-6-5-9(3)11(13)7-10/h5-7,12,14H,1H2,2-4H3. The summed E-state index contributed by atoms with van der Waals surface area (Å²) in [5, 5.41) is 3.24. The lowest BCUT2D eigenvalue weighted by molar-refractivity contribution is 0.679. The predicted molar refractivity (Wildman–Crippen MR) is 65.5 cm³/mol. The molecule has 1 N–H and O–H groups in total. The van der Waals surface area contributed by atoms with Crippen LogP contribution in [0.25, 0.3) is 0 Å². The first kappa shape index (κ1) is 11.5. The maximum Gasteiger partial charge on any atom is 0.0528 e. The number of benzene rings is 1. The number of nitrogens with one attached hydrogen (secondary N) is 1. The summed E-state index contributed by atoms with van der Waals surface area (Å²) < 4.78 is 1.15. The fraction of sp³-hybridized carbons (Fsp3) is 0.333. The van der Waals surface area contributed by atoms with Gasteiger partial charge in [0.05, 0.1) is 6.04 Å². The lowest BCUT2D eigenvalue weighted by atomic mass is 10.0. The van der Waals surface area contributed by atoms with Crippen molar-refractivity contribution in [2.75, 3.05) is 7.05 Å². The molecule has 1 unspecified atom stereocenters.